The summed E-state index contributed by atoms with van der Waals surface area (Å²) in [5, 5.41) is 0. The summed E-state index contributed by atoms with van der Waals surface area (Å²) >= 11 is 0. The van der Waals surface area contributed by atoms with Gasteiger partial charge in [0.25, 0.3) is 0 Å². The van der Waals surface area contributed by atoms with E-state index in [1.165, 1.54) is 33.0 Å². The lowest BCUT2D eigenvalue weighted by Gasteiger charge is -2.08. The van der Waals surface area contributed by atoms with Crippen molar-refractivity contribution < 1.29 is 28.8 Å². The van der Waals surface area contributed by atoms with Crippen LogP contribution in [0.25, 0.3) is 0 Å². The molecule has 0 aliphatic heterocycles. The second-order valence-corrected chi connectivity index (χ2v) is 3.81. The van der Waals surface area contributed by atoms with Crippen LogP contribution in [-0.2, 0) is 14.5 Å². The van der Waals surface area contributed by atoms with E-state index in [2.05, 4.69) is 9.78 Å². The molecule has 1 aromatic carbocycles. The van der Waals surface area contributed by atoms with Crippen LogP contribution < -0.4 is 9.47 Å². The van der Waals surface area contributed by atoms with Crippen molar-refractivity contribution in [1.82, 2.24) is 0 Å². The third-order valence-corrected chi connectivity index (χ3v) is 2.31. The molecule has 0 aliphatic rings. The number of carbonyl (C=O) groups excluding carboxylic acids is 1. The predicted octanol–water partition coefficient (Wildman–Crippen LogP) is 2.38. The number of methoxy groups -OCH3 is 2. The molecule has 0 saturated heterocycles. The standard InChI is InChI=1S/C14H19O6/c1-4-5-18-6-7-19-20-14(15)11-8-12(16-2)10-13(9-11)17-3/h7-10H,4-6H2,1-3H3. The first-order chi connectivity index (χ1) is 9.71. The fraction of sp³-hybridized carbons (Fsp3) is 0.429. The Morgan fingerprint density at radius 3 is 2.35 bits per heavy atom. The molecule has 0 unspecified atom stereocenters. The van der Waals surface area contributed by atoms with Gasteiger partial charge in [-0.2, -0.15) is 4.89 Å². The third kappa shape index (κ3) is 5.46. The van der Waals surface area contributed by atoms with Crippen LogP contribution in [0.15, 0.2) is 18.2 Å². The summed E-state index contributed by atoms with van der Waals surface area (Å²) in [4.78, 5) is 21.0. The van der Waals surface area contributed by atoms with Gasteiger partial charge in [0.05, 0.1) is 26.4 Å². The highest BCUT2D eigenvalue weighted by molar-refractivity contribution is 5.90. The number of carbonyl (C=O) groups is 1. The maximum atomic E-state index is 11.8. The molecule has 0 heterocycles. The maximum absolute atomic E-state index is 11.8. The van der Waals surface area contributed by atoms with E-state index in [-0.39, 0.29) is 12.2 Å². The summed E-state index contributed by atoms with van der Waals surface area (Å²) < 4.78 is 15.3. The van der Waals surface area contributed by atoms with Crippen molar-refractivity contribution in [2.75, 3.05) is 27.4 Å². The van der Waals surface area contributed by atoms with E-state index in [1.807, 2.05) is 6.92 Å². The third-order valence-electron chi connectivity index (χ3n) is 2.31. The predicted molar refractivity (Wildman–Crippen MR) is 71.5 cm³/mol. The number of ether oxygens (including phenoxy) is 3. The van der Waals surface area contributed by atoms with Crippen molar-refractivity contribution >= 4 is 5.97 Å². The summed E-state index contributed by atoms with van der Waals surface area (Å²) in [6.45, 7) is 4.14. The molecule has 0 N–H and O–H groups in total. The van der Waals surface area contributed by atoms with Gasteiger partial charge < -0.3 is 14.2 Å². The molecule has 6 heteroatoms. The van der Waals surface area contributed by atoms with Crippen molar-refractivity contribution in [3.63, 3.8) is 0 Å². The Morgan fingerprint density at radius 1 is 1.15 bits per heavy atom. The van der Waals surface area contributed by atoms with E-state index in [0.717, 1.165) is 6.42 Å². The Labute approximate surface area is 118 Å². The van der Waals surface area contributed by atoms with Crippen molar-refractivity contribution in [3.05, 3.63) is 30.4 Å². The van der Waals surface area contributed by atoms with E-state index >= 15 is 0 Å². The van der Waals surface area contributed by atoms with Gasteiger partial charge in [-0.05, 0) is 18.6 Å². The summed E-state index contributed by atoms with van der Waals surface area (Å²) in [6, 6.07) is 4.71. The van der Waals surface area contributed by atoms with Gasteiger partial charge in [-0.3, -0.25) is 4.89 Å². The Kier molecular flexibility index (Phi) is 7.46. The average molecular weight is 283 g/mol. The molecule has 0 spiro atoms. The fourth-order valence-electron chi connectivity index (χ4n) is 1.35. The van der Waals surface area contributed by atoms with Crippen LogP contribution in [0.2, 0.25) is 0 Å². The molecule has 0 bridgehead atoms. The Morgan fingerprint density at radius 2 is 1.80 bits per heavy atom. The zero-order chi connectivity index (χ0) is 14.8. The Balaban J connectivity index is 2.46. The molecule has 0 atom stereocenters. The first-order valence-electron chi connectivity index (χ1n) is 6.21. The highest BCUT2D eigenvalue weighted by Gasteiger charge is 2.12. The first kappa shape index (κ1) is 16.3. The Bertz CT molecular complexity index is 396. The fourth-order valence-corrected chi connectivity index (χ4v) is 1.35. The van der Waals surface area contributed by atoms with Crippen LogP contribution in [-0.4, -0.2) is 33.4 Å². The van der Waals surface area contributed by atoms with Crippen LogP contribution in [0.3, 0.4) is 0 Å². The maximum Gasteiger partial charge on any atom is 0.373 e. The van der Waals surface area contributed by atoms with Gasteiger partial charge in [-0.1, -0.05) is 6.92 Å². The monoisotopic (exact) mass is 283 g/mol. The molecule has 0 fully saturated rings. The van der Waals surface area contributed by atoms with Gasteiger partial charge in [0, 0.05) is 12.7 Å². The minimum Gasteiger partial charge on any atom is -0.497 e. The molecular formula is C14H19O6. The van der Waals surface area contributed by atoms with Crippen molar-refractivity contribution in [3.8, 4) is 11.5 Å². The topological polar surface area (TPSA) is 63.2 Å². The average Bonchev–Trinajstić information content (AvgIpc) is 2.49. The molecule has 1 aromatic rings. The van der Waals surface area contributed by atoms with Crippen molar-refractivity contribution in [2.45, 2.75) is 13.3 Å². The van der Waals surface area contributed by atoms with Crippen molar-refractivity contribution in [2.24, 2.45) is 0 Å². The highest BCUT2D eigenvalue weighted by Crippen LogP contribution is 2.23. The van der Waals surface area contributed by atoms with Crippen molar-refractivity contribution in [1.29, 1.82) is 0 Å². The normalized spacial score (nSPS) is 10.2. The zero-order valence-corrected chi connectivity index (χ0v) is 11.9. The summed E-state index contributed by atoms with van der Waals surface area (Å²) in [7, 11) is 3.00. The van der Waals surface area contributed by atoms with Crippen LogP contribution in [0.1, 0.15) is 23.7 Å². The molecule has 20 heavy (non-hydrogen) atoms. The van der Waals surface area contributed by atoms with Crippen LogP contribution in [0, 0.1) is 6.61 Å². The molecule has 0 amide bonds. The van der Waals surface area contributed by atoms with E-state index in [9.17, 15) is 4.79 Å². The van der Waals surface area contributed by atoms with Gasteiger partial charge in [0.1, 0.15) is 11.5 Å². The smallest absolute Gasteiger partial charge is 0.373 e. The molecule has 111 valence electrons. The molecule has 1 radical (unpaired) electrons. The zero-order valence-electron chi connectivity index (χ0n) is 11.9. The number of hydrogen-bond acceptors (Lipinski definition) is 6. The summed E-state index contributed by atoms with van der Waals surface area (Å²) in [6.07, 6.45) is 0.914. The summed E-state index contributed by atoms with van der Waals surface area (Å²) in [5.74, 6) is 0.340. The SMILES string of the molecule is CCCOC[CH]OOC(=O)c1cc(OC)cc(OC)c1. The Hall–Kier alpha value is -1.79. The van der Waals surface area contributed by atoms with Gasteiger partial charge in [0.2, 0.25) is 0 Å². The van der Waals surface area contributed by atoms with Crippen LogP contribution in [0.5, 0.6) is 11.5 Å². The first-order valence-corrected chi connectivity index (χ1v) is 6.21. The molecule has 1 rings (SSSR count). The lowest BCUT2D eigenvalue weighted by Crippen LogP contribution is -2.08. The van der Waals surface area contributed by atoms with E-state index in [1.54, 1.807) is 6.07 Å². The molecule has 0 aliphatic carbocycles. The number of rotatable bonds is 9. The number of benzene rings is 1. The minimum atomic E-state index is -0.644. The summed E-state index contributed by atoms with van der Waals surface area (Å²) in [5.41, 5.74) is 0.268. The van der Waals surface area contributed by atoms with Gasteiger partial charge in [-0.15, -0.1) is 0 Å². The van der Waals surface area contributed by atoms with Crippen LogP contribution in [0.4, 0.5) is 0 Å². The van der Waals surface area contributed by atoms with Gasteiger partial charge >= 0.3 is 5.97 Å². The molecule has 0 saturated carbocycles. The lowest BCUT2D eigenvalue weighted by atomic mass is 10.2. The van der Waals surface area contributed by atoms with Gasteiger partial charge in [0.15, 0.2) is 6.61 Å². The van der Waals surface area contributed by atoms with Gasteiger partial charge in [-0.25, -0.2) is 4.79 Å². The van der Waals surface area contributed by atoms with E-state index in [4.69, 9.17) is 14.2 Å². The van der Waals surface area contributed by atoms with E-state index in [0.29, 0.717) is 18.1 Å². The second kappa shape index (κ2) is 9.17. The quantitative estimate of drug-likeness (QED) is 0.394. The van der Waals surface area contributed by atoms with Crippen LogP contribution >= 0.6 is 0 Å². The molecule has 6 nitrogen and oxygen atoms in total. The molecular weight excluding hydrogens is 264 g/mol. The minimum absolute atomic E-state index is 0.253. The number of hydrogen-bond donors (Lipinski definition) is 0. The lowest BCUT2D eigenvalue weighted by molar-refractivity contribution is -0.218. The highest BCUT2D eigenvalue weighted by atomic mass is 17.2. The molecule has 0 aromatic heterocycles. The second-order valence-electron chi connectivity index (χ2n) is 3.81. The van der Waals surface area contributed by atoms with E-state index < -0.39 is 5.97 Å². The largest absolute Gasteiger partial charge is 0.497 e.